The molecule has 2 heteroatoms. The predicted octanol–water partition coefficient (Wildman–Crippen LogP) is 4.97. The summed E-state index contributed by atoms with van der Waals surface area (Å²) in [5, 5.41) is 0.126. The lowest BCUT2D eigenvalue weighted by molar-refractivity contribution is 0.487. The number of hydrogen-bond acceptors (Lipinski definition) is 0. The van der Waals surface area contributed by atoms with Gasteiger partial charge >= 0.3 is 0 Å². The van der Waals surface area contributed by atoms with E-state index in [1.165, 1.54) is 25.7 Å². The van der Waals surface area contributed by atoms with Gasteiger partial charge in [-0.25, -0.2) is 0 Å². The lowest BCUT2D eigenvalue weighted by Crippen LogP contribution is -2.29. The van der Waals surface area contributed by atoms with Crippen molar-refractivity contribution >= 4 is 23.2 Å². The SMILES string of the molecule is CCCCC(Cl)C(C)(Cl)CCCC. The molecule has 0 N–H and O–H groups in total. The van der Waals surface area contributed by atoms with E-state index in [4.69, 9.17) is 23.2 Å². The molecule has 0 aromatic carbocycles. The highest BCUT2D eigenvalue weighted by Gasteiger charge is 2.28. The van der Waals surface area contributed by atoms with Crippen LogP contribution in [0.3, 0.4) is 0 Å². The van der Waals surface area contributed by atoms with Crippen molar-refractivity contribution in [1.29, 1.82) is 0 Å². The Kier molecular flexibility index (Phi) is 7.26. The molecule has 0 fully saturated rings. The van der Waals surface area contributed by atoms with Gasteiger partial charge in [0.15, 0.2) is 0 Å². The maximum Gasteiger partial charge on any atom is 0.0581 e. The van der Waals surface area contributed by atoms with Gasteiger partial charge in [-0.3, -0.25) is 0 Å². The lowest BCUT2D eigenvalue weighted by Gasteiger charge is -2.27. The predicted molar refractivity (Wildman–Crippen MR) is 62.9 cm³/mol. The summed E-state index contributed by atoms with van der Waals surface area (Å²) in [6, 6.07) is 0. The molecule has 0 saturated heterocycles. The van der Waals surface area contributed by atoms with E-state index in [9.17, 15) is 0 Å². The molecule has 0 heterocycles. The molecule has 13 heavy (non-hydrogen) atoms. The Hall–Kier alpha value is 0.580. The molecule has 0 aromatic rings. The molecular formula is C11H22Cl2. The molecule has 2 unspecified atom stereocenters. The number of hydrogen-bond donors (Lipinski definition) is 0. The van der Waals surface area contributed by atoms with Gasteiger partial charge in [-0.1, -0.05) is 39.5 Å². The number of halogens is 2. The zero-order valence-electron chi connectivity index (χ0n) is 9.08. The minimum atomic E-state index is -0.202. The second-order valence-electron chi connectivity index (χ2n) is 3.99. The van der Waals surface area contributed by atoms with E-state index in [2.05, 4.69) is 20.8 Å². The van der Waals surface area contributed by atoms with Crippen LogP contribution in [-0.4, -0.2) is 10.3 Å². The van der Waals surface area contributed by atoms with Gasteiger partial charge < -0.3 is 0 Å². The molecule has 0 rings (SSSR count). The Morgan fingerprint density at radius 1 is 1.15 bits per heavy atom. The van der Waals surface area contributed by atoms with Crippen LogP contribution in [0.25, 0.3) is 0 Å². The molecule has 0 saturated carbocycles. The first-order valence-corrected chi connectivity index (χ1v) is 6.19. The first kappa shape index (κ1) is 13.6. The van der Waals surface area contributed by atoms with Gasteiger partial charge in [0, 0.05) is 0 Å². The largest absolute Gasteiger partial charge is 0.121 e. The van der Waals surface area contributed by atoms with Gasteiger partial charge in [-0.2, -0.15) is 0 Å². The molecule has 0 amide bonds. The third-order valence-electron chi connectivity index (χ3n) is 2.48. The monoisotopic (exact) mass is 224 g/mol. The molecule has 2 atom stereocenters. The third kappa shape index (κ3) is 5.80. The Balaban J connectivity index is 3.80. The van der Waals surface area contributed by atoms with Gasteiger partial charge in [0.1, 0.15) is 0 Å². The van der Waals surface area contributed by atoms with Crippen LogP contribution in [0.15, 0.2) is 0 Å². The van der Waals surface area contributed by atoms with Gasteiger partial charge in [0.05, 0.1) is 10.3 Å². The Morgan fingerprint density at radius 2 is 1.69 bits per heavy atom. The highest BCUT2D eigenvalue weighted by atomic mass is 35.5. The van der Waals surface area contributed by atoms with Gasteiger partial charge in [0.25, 0.3) is 0 Å². The van der Waals surface area contributed by atoms with E-state index in [-0.39, 0.29) is 10.3 Å². The summed E-state index contributed by atoms with van der Waals surface area (Å²) in [4.78, 5) is -0.202. The molecule has 0 aliphatic rings. The highest BCUT2D eigenvalue weighted by Crippen LogP contribution is 2.32. The quantitative estimate of drug-likeness (QED) is 0.536. The lowest BCUT2D eigenvalue weighted by atomic mass is 9.96. The summed E-state index contributed by atoms with van der Waals surface area (Å²) in [5.74, 6) is 0. The van der Waals surface area contributed by atoms with Gasteiger partial charge in [0.2, 0.25) is 0 Å². The Labute approximate surface area is 93.0 Å². The van der Waals surface area contributed by atoms with Crippen LogP contribution >= 0.6 is 23.2 Å². The topological polar surface area (TPSA) is 0 Å². The number of unbranched alkanes of at least 4 members (excludes halogenated alkanes) is 2. The molecule has 0 bridgehead atoms. The van der Waals surface area contributed by atoms with Crippen molar-refractivity contribution in [2.24, 2.45) is 0 Å². The molecule has 0 aliphatic heterocycles. The van der Waals surface area contributed by atoms with Crippen molar-refractivity contribution in [3.05, 3.63) is 0 Å². The van der Waals surface area contributed by atoms with Crippen LogP contribution in [-0.2, 0) is 0 Å². The molecule has 80 valence electrons. The van der Waals surface area contributed by atoms with Crippen LogP contribution in [0.5, 0.6) is 0 Å². The van der Waals surface area contributed by atoms with E-state index in [0.717, 1.165) is 12.8 Å². The Morgan fingerprint density at radius 3 is 2.15 bits per heavy atom. The van der Waals surface area contributed by atoms with E-state index in [0.29, 0.717) is 0 Å². The summed E-state index contributed by atoms with van der Waals surface area (Å²) >= 11 is 12.6. The summed E-state index contributed by atoms with van der Waals surface area (Å²) in [7, 11) is 0. The van der Waals surface area contributed by atoms with Crippen molar-refractivity contribution in [3.63, 3.8) is 0 Å². The molecule has 0 nitrogen and oxygen atoms in total. The Bertz CT molecular complexity index is 121. The average molecular weight is 225 g/mol. The molecule has 0 aromatic heterocycles. The normalized spacial score (nSPS) is 18.2. The highest BCUT2D eigenvalue weighted by molar-refractivity contribution is 6.32. The molecule has 0 spiro atoms. The number of rotatable bonds is 7. The zero-order chi connectivity index (χ0) is 10.3. The number of alkyl halides is 2. The second-order valence-corrected chi connectivity index (χ2v) is 5.38. The standard InChI is InChI=1S/C11H22Cl2/c1-4-6-8-10(12)11(3,13)9-7-5-2/h10H,4-9H2,1-3H3. The van der Waals surface area contributed by atoms with Crippen molar-refractivity contribution in [1.82, 2.24) is 0 Å². The van der Waals surface area contributed by atoms with E-state index in [1.807, 2.05) is 0 Å². The van der Waals surface area contributed by atoms with Crippen molar-refractivity contribution < 1.29 is 0 Å². The van der Waals surface area contributed by atoms with Crippen LogP contribution in [0.2, 0.25) is 0 Å². The second kappa shape index (κ2) is 6.95. The summed E-state index contributed by atoms with van der Waals surface area (Å²) < 4.78 is 0. The van der Waals surface area contributed by atoms with Crippen LogP contribution in [0.1, 0.15) is 59.3 Å². The first-order valence-electron chi connectivity index (χ1n) is 5.37. The van der Waals surface area contributed by atoms with Crippen molar-refractivity contribution in [2.45, 2.75) is 69.5 Å². The fourth-order valence-corrected chi connectivity index (χ4v) is 1.87. The van der Waals surface area contributed by atoms with Crippen molar-refractivity contribution in [2.75, 3.05) is 0 Å². The summed E-state index contributed by atoms with van der Waals surface area (Å²) in [6.07, 6.45) is 6.83. The van der Waals surface area contributed by atoms with Gasteiger partial charge in [-0.05, 0) is 19.8 Å². The third-order valence-corrected chi connectivity index (χ3v) is 3.75. The maximum absolute atomic E-state index is 6.37. The molecule has 0 radical (unpaired) electrons. The summed E-state index contributed by atoms with van der Waals surface area (Å²) in [5.41, 5.74) is 0. The maximum atomic E-state index is 6.37. The van der Waals surface area contributed by atoms with E-state index < -0.39 is 0 Å². The molecule has 0 aliphatic carbocycles. The van der Waals surface area contributed by atoms with Crippen molar-refractivity contribution in [3.8, 4) is 0 Å². The molecular weight excluding hydrogens is 203 g/mol. The van der Waals surface area contributed by atoms with E-state index in [1.54, 1.807) is 0 Å². The minimum absolute atomic E-state index is 0.126. The smallest absolute Gasteiger partial charge is 0.0581 e. The first-order chi connectivity index (χ1) is 6.04. The minimum Gasteiger partial charge on any atom is -0.121 e. The van der Waals surface area contributed by atoms with Crippen LogP contribution in [0.4, 0.5) is 0 Å². The zero-order valence-corrected chi connectivity index (χ0v) is 10.6. The van der Waals surface area contributed by atoms with E-state index >= 15 is 0 Å². The average Bonchev–Trinajstić information content (AvgIpc) is 2.10. The fraction of sp³-hybridized carbons (Fsp3) is 1.00. The van der Waals surface area contributed by atoms with Crippen LogP contribution in [0, 0.1) is 0 Å². The van der Waals surface area contributed by atoms with Crippen LogP contribution < -0.4 is 0 Å². The summed E-state index contributed by atoms with van der Waals surface area (Å²) in [6.45, 7) is 6.43. The fourth-order valence-electron chi connectivity index (χ4n) is 1.36. The van der Waals surface area contributed by atoms with Gasteiger partial charge in [-0.15, -0.1) is 23.2 Å².